The Morgan fingerprint density at radius 1 is 0.889 bits per heavy atom. The maximum Gasteiger partial charge on any atom is 0.163 e. The van der Waals surface area contributed by atoms with E-state index in [4.69, 9.17) is 0 Å². The van der Waals surface area contributed by atoms with Gasteiger partial charge in [-0.1, -0.05) is 48.5 Å². The first-order valence-electron chi connectivity index (χ1n) is 9.11. The van der Waals surface area contributed by atoms with Gasteiger partial charge >= 0.3 is 0 Å². The molecule has 0 spiro atoms. The standard InChI is InChI=1S/C22H20N4O/c27-19-13-7-12-18(14-19)24-21-15-20(23-17-10-5-2-6-11-17)25-22(26-21)16-8-3-1-4-9-16/h1-6,8-11,15H,7,12-14H2,(H,23,25,26). The molecule has 27 heavy (non-hydrogen) atoms. The second-order valence-electron chi connectivity index (χ2n) is 6.54. The molecule has 2 aromatic carbocycles. The molecule has 0 bridgehead atoms. The van der Waals surface area contributed by atoms with Gasteiger partial charge < -0.3 is 5.32 Å². The van der Waals surface area contributed by atoms with Gasteiger partial charge in [0.2, 0.25) is 0 Å². The van der Waals surface area contributed by atoms with Crippen molar-refractivity contribution in [1.82, 2.24) is 9.97 Å². The van der Waals surface area contributed by atoms with Gasteiger partial charge in [-0.25, -0.2) is 15.0 Å². The first-order chi connectivity index (χ1) is 13.3. The molecule has 5 heteroatoms. The fraction of sp³-hybridized carbons (Fsp3) is 0.182. The smallest absolute Gasteiger partial charge is 0.163 e. The van der Waals surface area contributed by atoms with Crippen molar-refractivity contribution in [3.63, 3.8) is 0 Å². The zero-order valence-corrected chi connectivity index (χ0v) is 14.9. The summed E-state index contributed by atoms with van der Waals surface area (Å²) >= 11 is 0. The molecule has 0 atom stereocenters. The Morgan fingerprint density at radius 2 is 1.63 bits per heavy atom. The van der Waals surface area contributed by atoms with Crippen molar-refractivity contribution in [1.29, 1.82) is 0 Å². The number of Topliss-reactive ketones (excluding diaryl/α,β-unsaturated/α-hetero) is 1. The van der Waals surface area contributed by atoms with Gasteiger partial charge in [-0.3, -0.25) is 4.79 Å². The summed E-state index contributed by atoms with van der Waals surface area (Å²) in [7, 11) is 0. The van der Waals surface area contributed by atoms with Crippen molar-refractivity contribution in [3.8, 4) is 11.4 Å². The third-order valence-corrected chi connectivity index (χ3v) is 4.39. The van der Waals surface area contributed by atoms with Crippen LogP contribution in [0.25, 0.3) is 11.4 Å². The van der Waals surface area contributed by atoms with Crippen LogP contribution in [0.1, 0.15) is 25.7 Å². The SMILES string of the molecule is O=C1CCCC(=Nc2cc(Nc3ccccc3)nc(-c3ccccc3)n2)C1. The Labute approximate surface area is 158 Å². The van der Waals surface area contributed by atoms with Crippen LogP contribution in [0.3, 0.4) is 0 Å². The number of carbonyl (C=O) groups is 1. The number of anilines is 2. The number of ketones is 1. The molecule has 0 aliphatic heterocycles. The van der Waals surface area contributed by atoms with Gasteiger partial charge in [0.15, 0.2) is 11.6 Å². The number of rotatable bonds is 4. The molecule has 1 aliphatic carbocycles. The molecule has 1 aromatic heterocycles. The highest BCUT2D eigenvalue weighted by Crippen LogP contribution is 2.25. The molecular formula is C22H20N4O. The van der Waals surface area contributed by atoms with Crippen LogP contribution in [0.2, 0.25) is 0 Å². The van der Waals surface area contributed by atoms with Crippen molar-refractivity contribution >= 4 is 28.8 Å². The minimum Gasteiger partial charge on any atom is -0.340 e. The van der Waals surface area contributed by atoms with Gasteiger partial charge in [0.05, 0.1) is 0 Å². The maximum atomic E-state index is 11.7. The van der Waals surface area contributed by atoms with E-state index in [1.807, 2.05) is 66.7 Å². The van der Waals surface area contributed by atoms with E-state index in [0.717, 1.165) is 29.8 Å². The lowest BCUT2D eigenvalue weighted by molar-refractivity contribution is -0.118. The largest absolute Gasteiger partial charge is 0.340 e. The highest BCUT2D eigenvalue weighted by atomic mass is 16.1. The lowest BCUT2D eigenvalue weighted by Crippen LogP contribution is -2.14. The summed E-state index contributed by atoms with van der Waals surface area (Å²) in [5.74, 6) is 2.11. The number of nitrogens with one attached hydrogen (secondary N) is 1. The molecule has 0 radical (unpaired) electrons. The summed E-state index contributed by atoms with van der Waals surface area (Å²) in [5.41, 5.74) is 2.77. The van der Waals surface area contributed by atoms with Crippen LogP contribution in [0.4, 0.5) is 17.3 Å². The number of benzene rings is 2. The van der Waals surface area contributed by atoms with E-state index in [2.05, 4.69) is 20.3 Å². The number of hydrogen-bond donors (Lipinski definition) is 1. The number of aliphatic imine (C=N–C) groups is 1. The molecule has 4 rings (SSSR count). The van der Waals surface area contributed by atoms with Crippen LogP contribution in [-0.4, -0.2) is 21.5 Å². The second-order valence-corrected chi connectivity index (χ2v) is 6.54. The molecule has 1 aliphatic rings. The van der Waals surface area contributed by atoms with Crippen LogP contribution in [-0.2, 0) is 4.79 Å². The quantitative estimate of drug-likeness (QED) is 0.706. The molecule has 0 unspecified atom stereocenters. The van der Waals surface area contributed by atoms with Crippen LogP contribution >= 0.6 is 0 Å². The van der Waals surface area contributed by atoms with Crippen molar-refractivity contribution in [2.24, 2.45) is 4.99 Å². The lowest BCUT2D eigenvalue weighted by Gasteiger charge is -2.12. The predicted octanol–water partition coefficient (Wildman–Crippen LogP) is 5.10. The minimum atomic E-state index is 0.250. The number of carbonyl (C=O) groups excluding carboxylic acids is 1. The first-order valence-corrected chi connectivity index (χ1v) is 9.11. The van der Waals surface area contributed by atoms with E-state index in [1.165, 1.54) is 0 Å². The number of hydrogen-bond acceptors (Lipinski definition) is 5. The zero-order chi connectivity index (χ0) is 18.5. The summed E-state index contributed by atoms with van der Waals surface area (Å²) in [6.45, 7) is 0. The van der Waals surface area contributed by atoms with Crippen molar-refractivity contribution in [2.75, 3.05) is 5.32 Å². The van der Waals surface area contributed by atoms with Gasteiger partial charge in [-0.15, -0.1) is 0 Å². The van der Waals surface area contributed by atoms with E-state index >= 15 is 0 Å². The molecule has 1 fully saturated rings. The Hall–Kier alpha value is -3.34. The van der Waals surface area contributed by atoms with Crippen LogP contribution < -0.4 is 5.32 Å². The summed E-state index contributed by atoms with van der Waals surface area (Å²) in [4.78, 5) is 25.7. The first kappa shape index (κ1) is 17.1. The Morgan fingerprint density at radius 3 is 2.37 bits per heavy atom. The Balaban J connectivity index is 1.72. The van der Waals surface area contributed by atoms with Gasteiger partial charge in [0, 0.05) is 35.9 Å². The highest BCUT2D eigenvalue weighted by Gasteiger charge is 2.15. The normalized spacial score (nSPS) is 15.7. The van der Waals surface area contributed by atoms with E-state index in [-0.39, 0.29) is 5.78 Å². The van der Waals surface area contributed by atoms with Crippen molar-refractivity contribution in [2.45, 2.75) is 25.7 Å². The van der Waals surface area contributed by atoms with E-state index in [0.29, 0.717) is 30.3 Å². The zero-order valence-electron chi connectivity index (χ0n) is 14.9. The van der Waals surface area contributed by atoms with Gasteiger partial charge in [-0.2, -0.15) is 0 Å². The fourth-order valence-corrected chi connectivity index (χ4v) is 3.09. The maximum absolute atomic E-state index is 11.7. The van der Waals surface area contributed by atoms with Gasteiger partial charge in [0.25, 0.3) is 0 Å². The van der Waals surface area contributed by atoms with Crippen LogP contribution in [0, 0.1) is 0 Å². The topological polar surface area (TPSA) is 67.2 Å². The molecule has 5 nitrogen and oxygen atoms in total. The number of para-hydroxylation sites is 1. The summed E-state index contributed by atoms with van der Waals surface area (Å²) in [6.07, 6.45) is 2.78. The number of aromatic nitrogens is 2. The predicted molar refractivity (Wildman–Crippen MR) is 108 cm³/mol. The summed E-state index contributed by atoms with van der Waals surface area (Å²) in [5, 5.41) is 3.31. The van der Waals surface area contributed by atoms with Crippen LogP contribution in [0.5, 0.6) is 0 Å². The van der Waals surface area contributed by atoms with E-state index in [1.54, 1.807) is 0 Å². The highest BCUT2D eigenvalue weighted by molar-refractivity contribution is 6.04. The third-order valence-electron chi connectivity index (χ3n) is 4.39. The van der Waals surface area contributed by atoms with E-state index < -0.39 is 0 Å². The van der Waals surface area contributed by atoms with Gasteiger partial charge in [0.1, 0.15) is 11.6 Å². The minimum absolute atomic E-state index is 0.250. The number of nitrogens with zero attached hydrogens (tertiary/aromatic N) is 3. The summed E-state index contributed by atoms with van der Waals surface area (Å²) in [6, 6.07) is 21.5. The molecule has 134 valence electrons. The fourth-order valence-electron chi connectivity index (χ4n) is 3.09. The Bertz CT molecular complexity index is 968. The molecule has 1 N–H and O–H groups in total. The molecule has 1 heterocycles. The third kappa shape index (κ3) is 4.44. The van der Waals surface area contributed by atoms with Crippen molar-refractivity contribution < 1.29 is 4.79 Å². The lowest BCUT2D eigenvalue weighted by atomic mass is 9.97. The second kappa shape index (κ2) is 7.91. The van der Waals surface area contributed by atoms with E-state index in [9.17, 15) is 4.79 Å². The monoisotopic (exact) mass is 356 g/mol. The average Bonchev–Trinajstić information content (AvgIpc) is 2.69. The Kier molecular flexibility index (Phi) is 5.01. The molecule has 3 aromatic rings. The molecule has 0 amide bonds. The molecular weight excluding hydrogens is 336 g/mol. The molecule has 1 saturated carbocycles. The van der Waals surface area contributed by atoms with Crippen LogP contribution in [0.15, 0.2) is 71.7 Å². The molecule has 0 saturated heterocycles. The van der Waals surface area contributed by atoms with Gasteiger partial charge in [-0.05, 0) is 25.0 Å². The summed E-state index contributed by atoms with van der Waals surface area (Å²) < 4.78 is 0. The average molecular weight is 356 g/mol. The van der Waals surface area contributed by atoms with Crippen molar-refractivity contribution in [3.05, 3.63) is 66.7 Å².